The Morgan fingerprint density at radius 1 is 1.35 bits per heavy atom. The van der Waals surface area contributed by atoms with Gasteiger partial charge >= 0.3 is 5.97 Å². The fourth-order valence-corrected chi connectivity index (χ4v) is 2.73. The highest BCUT2D eigenvalue weighted by Crippen LogP contribution is 2.23. The number of carbonyl (C=O) groups is 2. The summed E-state index contributed by atoms with van der Waals surface area (Å²) in [7, 11) is 0. The van der Waals surface area contributed by atoms with Crippen LogP contribution in [0.2, 0.25) is 0 Å². The molecular formula is C14H15N3O3. The number of aliphatic carboxylic acids is 1. The first-order chi connectivity index (χ1) is 9.68. The number of rotatable bonds is 2. The molecule has 1 fully saturated rings. The van der Waals surface area contributed by atoms with E-state index in [4.69, 9.17) is 0 Å². The number of aromatic nitrogens is 2. The molecule has 2 aromatic rings. The molecule has 1 amide bonds. The maximum Gasteiger partial charge on any atom is 0.326 e. The van der Waals surface area contributed by atoms with E-state index in [9.17, 15) is 14.7 Å². The molecule has 6 nitrogen and oxygen atoms in total. The molecule has 6 heteroatoms. The third-order valence-corrected chi connectivity index (χ3v) is 3.76. The second kappa shape index (κ2) is 4.96. The fourth-order valence-electron chi connectivity index (χ4n) is 2.73. The van der Waals surface area contributed by atoms with Gasteiger partial charge in [-0.15, -0.1) is 0 Å². The van der Waals surface area contributed by atoms with Crippen LogP contribution in [0.1, 0.15) is 29.6 Å². The average Bonchev–Trinajstić information content (AvgIpc) is 2.94. The van der Waals surface area contributed by atoms with Crippen LogP contribution in [0.4, 0.5) is 0 Å². The van der Waals surface area contributed by atoms with E-state index < -0.39 is 12.0 Å². The molecule has 0 aliphatic carbocycles. The van der Waals surface area contributed by atoms with Crippen LogP contribution < -0.4 is 0 Å². The van der Waals surface area contributed by atoms with Gasteiger partial charge in [-0.1, -0.05) is 12.1 Å². The Balaban J connectivity index is 1.98. The van der Waals surface area contributed by atoms with E-state index in [1.807, 2.05) is 6.07 Å². The van der Waals surface area contributed by atoms with Crippen LogP contribution in [0.3, 0.4) is 0 Å². The number of hydrogen-bond donors (Lipinski definition) is 2. The van der Waals surface area contributed by atoms with Gasteiger partial charge in [-0.3, -0.25) is 9.89 Å². The number of carboxylic acid groups (broad SMARTS) is 1. The number of fused-ring (bicyclic) bond motifs is 1. The van der Waals surface area contributed by atoms with Crippen LogP contribution >= 0.6 is 0 Å². The third-order valence-electron chi connectivity index (χ3n) is 3.76. The van der Waals surface area contributed by atoms with Gasteiger partial charge in [0.05, 0.1) is 17.3 Å². The van der Waals surface area contributed by atoms with Gasteiger partial charge in [0.1, 0.15) is 6.04 Å². The maximum atomic E-state index is 12.6. The number of likely N-dealkylation sites (tertiary alicyclic amines) is 1. The van der Waals surface area contributed by atoms with Gasteiger partial charge in [-0.05, 0) is 25.3 Å². The molecule has 1 unspecified atom stereocenters. The molecule has 0 bridgehead atoms. The second-order valence-corrected chi connectivity index (χ2v) is 4.99. The van der Waals surface area contributed by atoms with Crippen molar-refractivity contribution in [3.8, 4) is 0 Å². The van der Waals surface area contributed by atoms with Crippen LogP contribution in [0.25, 0.3) is 10.9 Å². The minimum atomic E-state index is -0.935. The Labute approximate surface area is 115 Å². The van der Waals surface area contributed by atoms with E-state index in [1.165, 1.54) is 4.90 Å². The molecule has 1 aromatic carbocycles. The van der Waals surface area contributed by atoms with Gasteiger partial charge in [0.15, 0.2) is 0 Å². The predicted molar refractivity (Wildman–Crippen MR) is 72.4 cm³/mol. The van der Waals surface area contributed by atoms with Crippen LogP contribution in [0.15, 0.2) is 24.4 Å². The summed E-state index contributed by atoms with van der Waals surface area (Å²) in [6.45, 7) is 0.486. The van der Waals surface area contributed by atoms with Crippen molar-refractivity contribution in [1.29, 1.82) is 0 Å². The topological polar surface area (TPSA) is 86.3 Å². The largest absolute Gasteiger partial charge is 0.480 e. The lowest BCUT2D eigenvalue weighted by Gasteiger charge is -2.33. The van der Waals surface area contributed by atoms with Gasteiger partial charge in [-0.25, -0.2) is 4.79 Å². The molecule has 1 atom stereocenters. The van der Waals surface area contributed by atoms with E-state index in [-0.39, 0.29) is 5.91 Å². The highest BCUT2D eigenvalue weighted by atomic mass is 16.4. The quantitative estimate of drug-likeness (QED) is 0.871. The van der Waals surface area contributed by atoms with E-state index in [1.54, 1.807) is 18.3 Å². The van der Waals surface area contributed by atoms with Gasteiger partial charge in [-0.2, -0.15) is 5.10 Å². The normalized spacial score (nSPS) is 19.2. The number of amides is 1. The van der Waals surface area contributed by atoms with Crippen LogP contribution in [0.5, 0.6) is 0 Å². The van der Waals surface area contributed by atoms with E-state index >= 15 is 0 Å². The molecule has 2 N–H and O–H groups in total. The zero-order valence-corrected chi connectivity index (χ0v) is 10.9. The van der Waals surface area contributed by atoms with Crippen molar-refractivity contribution in [2.24, 2.45) is 0 Å². The molecule has 3 rings (SSSR count). The lowest BCUT2D eigenvalue weighted by Crippen LogP contribution is -2.48. The van der Waals surface area contributed by atoms with Crippen molar-refractivity contribution in [3.05, 3.63) is 30.0 Å². The number of aromatic amines is 1. The smallest absolute Gasteiger partial charge is 0.326 e. The number of nitrogens with one attached hydrogen (secondary N) is 1. The molecule has 1 aliphatic rings. The molecule has 1 saturated heterocycles. The number of hydrogen-bond acceptors (Lipinski definition) is 3. The van der Waals surface area contributed by atoms with Gasteiger partial charge in [0, 0.05) is 11.9 Å². The average molecular weight is 273 g/mol. The molecule has 104 valence electrons. The van der Waals surface area contributed by atoms with Crippen LogP contribution in [-0.4, -0.2) is 44.7 Å². The van der Waals surface area contributed by atoms with Crippen molar-refractivity contribution < 1.29 is 14.7 Å². The van der Waals surface area contributed by atoms with E-state index in [0.717, 1.165) is 18.2 Å². The standard InChI is InChI=1S/C14H15N3O3/c18-13(17-7-2-1-6-11(17)14(19)20)10-5-3-4-9-8-15-16-12(9)10/h3-5,8,11H,1-2,6-7H2,(H,15,16)(H,19,20). The highest BCUT2D eigenvalue weighted by molar-refractivity contribution is 6.06. The lowest BCUT2D eigenvalue weighted by molar-refractivity contribution is -0.143. The predicted octanol–water partition coefficient (Wildman–Crippen LogP) is 1.64. The Kier molecular flexibility index (Phi) is 3.14. The summed E-state index contributed by atoms with van der Waals surface area (Å²) in [5.41, 5.74) is 1.14. The fraction of sp³-hybridized carbons (Fsp3) is 0.357. The van der Waals surface area contributed by atoms with Crippen LogP contribution in [0, 0.1) is 0 Å². The SMILES string of the molecule is O=C(O)C1CCCCN1C(=O)c1cccc2cn[nH]c12. The van der Waals surface area contributed by atoms with Gasteiger partial charge < -0.3 is 10.0 Å². The van der Waals surface area contributed by atoms with Crippen molar-refractivity contribution in [3.63, 3.8) is 0 Å². The number of nitrogens with zero attached hydrogens (tertiary/aromatic N) is 2. The third kappa shape index (κ3) is 2.03. The zero-order chi connectivity index (χ0) is 14.1. The monoisotopic (exact) mass is 273 g/mol. The highest BCUT2D eigenvalue weighted by Gasteiger charge is 2.33. The Bertz CT molecular complexity index is 664. The number of H-pyrrole nitrogens is 1. The van der Waals surface area contributed by atoms with Crippen LogP contribution in [-0.2, 0) is 4.79 Å². The first kappa shape index (κ1) is 12.7. The van der Waals surface area contributed by atoms with Crippen molar-refractivity contribution >= 4 is 22.8 Å². The number of benzene rings is 1. The number of para-hydroxylation sites is 1. The molecule has 20 heavy (non-hydrogen) atoms. The lowest BCUT2D eigenvalue weighted by atomic mass is 10.0. The minimum Gasteiger partial charge on any atom is -0.480 e. The molecule has 0 radical (unpaired) electrons. The van der Waals surface area contributed by atoms with Gasteiger partial charge in [0.25, 0.3) is 5.91 Å². The zero-order valence-electron chi connectivity index (χ0n) is 10.9. The summed E-state index contributed by atoms with van der Waals surface area (Å²) in [5, 5.41) is 16.8. The molecule has 1 aliphatic heterocycles. The van der Waals surface area contributed by atoms with Crippen molar-refractivity contribution in [1.82, 2.24) is 15.1 Å². The Morgan fingerprint density at radius 3 is 3.00 bits per heavy atom. The summed E-state index contributed by atoms with van der Waals surface area (Å²) >= 11 is 0. The molecule has 0 spiro atoms. The molecule has 0 saturated carbocycles. The first-order valence-electron chi connectivity index (χ1n) is 6.64. The van der Waals surface area contributed by atoms with Crippen molar-refractivity contribution in [2.45, 2.75) is 25.3 Å². The van der Waals surface area contributed by atoms with Crippen molar-refractivity contribution in [2.75, 3.05) is 6.54 Å². The Morgan fingerprint density at radius 2 is 2.20 bits per heavy atom. The number of carbonyl (C=O) groups excluding carboxylic acids is 1. The molecule has 2 heterocycles. The van der Waals surface area contributed by atoms with Gasteiger partial charge in [0.2, 0.25) is 0 Å². The second-order valence-electron chi connectivity index (χ2n) is 4.99. The summed E-state index contributed by atoms with van der Waals surface area (Å²) in [4.78, 5) is 25.4. The first-order valence-corrected chi connectivity index (χ1v) is 6.64. The summed E-state index contributed by atoms with van der Waals surface area (Å²) in [6, 6.07) is 4.62. The number of carboxylic acids is 1. The van der Waals surface area contributed by atoms with E-state index in [0.29, 0.717) is 24.0 Å². The number of piperidine rings is 1. The van der Waals surface area contributed by atoms with E-state index in [2.05, 4.69) is 10.2 Å². The molecule has 1 aromatic heterocycles. The summed E-state index contributed by atoms with van der Waals surface area (Å²) < 4.78 is 0. The summed E-state index contributed by atoms with van der Waals surface area (Å²) in [6.07, 6.45) is 3.85. The summed E-state index contributed by atoms with van der Waals surface area (Å²) in [5.74, 6) is -1.18. The maximum absolute atomic E-state index is 12.6. The minimum absolute atomic E-state index is 0.244. The Hall–Kier alpha value is -2.37. The molecular weight excluding hydrogens is 258 g/mol.